The van der Waals surface area contributed by atoms with Gasteiger partial charge in [0.25, 0.3) is 0 Å². The first-order chi connectivity index (χ1) is 4.83. The number of methoxy groups -OCH3 is 1. The van der Waals surface area contributed by atoms with E-state index in [4.69, 9.17) is 0 Å². The minimum Gasteiger partial charge on any atom is -0.469 e. The normalized spacial score (nSPS) is 19.3. The lowest BCUT2D eigenvalue weighted by Crippen LogP contribution is -2.06. The molecule has 1 rings (SSSR count). The highest BCUT2D eigenvalue weighted by Crippen LogP contribution is 2.27. The van der Waals surface area contributed by atoms with E-state index < -0.39 is 0 Å². The highest BCUT2D eigenvalue weighted by Gasteiger charge is 2.18. The molecule has 1 aliphatic rings. The molecule has 0 unspecified atom stereocenters. The van der Waals surface area contributed by atoms with Crippen LogP contribution in [0.25, 0.3) is 0 Å². The third-order valence-electron chi connectivity index (χ3n) is 2.16. The number of hydrogen-bond acceptors (Lipinski definition) is 2. The van der Waals surface area contributed by atoms with E-state index in [-0.39, 0.29) is 5.97 Å². The van der Waals surface area contributed by atoms with Crippen LogP contribution in [0.15, 0.2) is 0 Å². The Hall–Kier alpha value is -0.530. The van der Waals surface area contributed by atoms with Crippen molar-refractivity contribution in [2.45, 2.75) is 32.1 Å². The molecule has 0 radical (unpaired) electrons. The van der Waals surface area contributed by atoms with Crippen LogP contribution in [0.5, 0.6) is 0 Å². The Morgan fingerprint density at radius 1 is 1.50 bits per heavy atom. The lowest BCUT2D eigenvalue weighted by atomic mass is 10.1. The molecule has 0 amide bonds. The molecule has 2 nitrogen and oxygen atoms in total. The lowest BCUT2D eigenvalue weighted by molar-refractivity contribution is -0.141. The first-order valence-corrected chi connectivity index (χ1v) is 3.89. The summed E-state index contributed by atoms with van der Waals surface area (Å²) in [5.74, 6) is 0.569. The van der Waals surface area contributed by atoms with Crippen molar-refractivity contribution in [3.05, 3.63) is 0 Å². The lowest BCUT2D eigenvalue weighted by Gasteiger charge is -2.04. The number of esters is 1. The molecular weight excluding hydrogens is 128 g/mol. The smallest absolute Gasteiger partial charge is 0.305 e. The summed E-state index contributed by atoms with van der Waals surface area (Å²) in [7, 11) is 1.46. The van der Waals surface area contributed by atoms with Crippen LogP contribution in [0.2, 0.25) is 0 Å². The van der Waals surface area contributed by atoms with Crippen molar-refractivity contribution in [3.8, 4) is 0 Å². The van der Waals surface area contributed by atoms with Crippen LogP contribution in [0.3, 0.4) is 0 Å². The van der Waals surface area contributed by atoms with E-state index in [2.05, 4.69) is 4.74 Å². The molecule has 0 atom stereocenters. The summed E-state index contributed by atoms with van der Waals surface area (Å²) in [6.45, 7) is 0. The van der Waals surface area contributed by atoms with Crippen LogP contribution >= 0.6 is 0 Å². The first kappa shape index (κ1) is 7.58. The van der Waals surface area contributed by atoms with E-state index in [0.29, 0.717) is 12.3 Å². The highest BCUT2D eigenvalue weighted by atomic mass is 16.5. The molecule has 1 aliphatic carbocycles. The molecule has 58 valence electrons. The van der Waals surface area contributed by atoms with E-state index in [0.717, 1.165) is 0 Å². The molecule has 0 aliphatic heterocycles. The van der Waals surface area contributed by atoms with E-state index in [1.807, 2.05) is 0 Å². The number of rotatable bonds is 2. The fourth-order valence-corrected chi connectivity index (χ4v) is 1.53. The highest BCUT2D eigenvalue weighted by molar-refractivity contribution is 5.69. The largest absolute Gasteiger partial charge is 0.469 e. The van der Waals surface area contributed by atoms with Gasteiger partial charge in [-0.1, -0.05) is 12.8 Å². The molecule has 0 heterocycles. The molecule has 0 saturated heterocycles. The van der Waals surface area contributed by atoms with Gasteiger partial charge in [-0.3, -0.25) is 4.79 Å². The summed E-state index contributed by atoms with van der Waals surface area (Å²) in [5, 5.41) is 0. The molecule has 0 N–H and O–H groups in total. The molecule has 2 heteroatoms. The summed E-state index contributed by atoms with van der Waals surface area (Å²) in [5.41, 5.74) is 0. The number of ether oxygens (including phenoxy) is 1. The van der Waals surface area contributed by atoms with Crippen molar-refractivity contribution in [3.63, 3.8) is 0 Å². The Kier molecular flexibility index (Phi) is 2.72. The first-order valence-electron chi connectivity index (χ1n) is 3.89. The van der Waals surface area contributed by atoms with Gasteiger partial charge >= 0.3 is 5.97 Å². The van der Waals surface area contributed by atoms with Gasteiger partial charge in [0.2, 0.25) is 0 Å². The van der Waals surface area contributed by atoms with E-state index in [1.165, 1.54) is 32.8 Å². The quantitative estimate of drug-likeness (QED) is 0.549. The second kappa shape index (κ2) is 3.59. The van der Waals surface area contributed by atoms with Gasteiger partial charge in [-0.05, 0) is 18.8 Å². The predicted octanol–water partition coefficient (Wildman–Crippen LogP) is 1.74. The Bertz CT molecular complexity index is 114. The molecule has 0 bridgehead atoms. The van der Waals surface area contributed by atoms with Gasteiger partial charge in [-0.15, -0.1) is 0 Å². The monoisotopic (exact) mass is 142 g/mol. The molecule has 0 spiro atoms. The third-order valence-corrected chi connectivity index (χ3v) is 2.16. The maximum atomic E-state index is 10.7. The zero-order chi connectivity index (χ0) is 7.40. The van der Waals surface area contributed by atoms with Gasteiger partial charge in [0.1, 0.15) is 0 Å². The van der Waals surface area contributed by atoms with Gasteiger partial charge in [-0.25, -0.2) is 0 Å². The standard InChI is InChI=1S/C8H14O2/c1-10-8(9)6-7-4-2-3-5-7/h7H,2-6H2,1H3. The zero-order valence-corrected chi connectivity index (χ0v) is 6.43. The zero-order valence-electron chi connectivity index (χ0n) is 6.43. The number of carbonyl (C=O) groups is 1. The van der Waals surface area contributed by atoms with Gasteiger partial charge in [0.05, 0.1) is 7.11 Å². The second-order valence-corrected chi connectivity index (χ2v) is 2.93. The predicted molar refractivity (Wildman–Crippen MR) is 38.6 cm³/mol. The van der Waals surface area contributed by atoms with Crippen LogP contribution in [0, 0.1) is 5.92 Å². The van der Waals surface area contributed by atoms with Gasteiger partial charge < -0.3 is 4.74 Å². The van der Waals surface area contributed by atoms with E-state index in [1.54, 1.807) is 0 Å². The number of carbonyl (C=O) groups excluding carboxylic acids is 1. The SMILES string of the molecule is COC(=O)CC1CCCC1. The average Bonchev–Trinajstić information content (AvgIpc) is 2.40. The fourth-order valence-electron chi connectivity index (χ4n) is 1.53. The van der Waals surface area contributed by atoms with Crippen LogP contribution < -0.4 is 0 Å². The summed E-state index contributed by atoms with van der Waals surface area (Å²) in [6.07, 6.45) is 5.66. The molecule has 0 aromatic carbocycles. The number of hydrogen-bond donors (Lipinski definition) is 0. The van der Waals surface area contributed by atoms with Crippen molar-refractivity contribution in [1.29, 1.82) is 0 Å². The third kappa shape index (κ3) is 2.01. The van der Waals surface area contributed by atoms with Crippen molar-refractivity contribution in [1.82, 2.24) is 0 Å². The minimum absolute atomic E-state index is 0.0492. The van der Waals surface area contributed by atoms with Crippen molar-refractivity contribution in [2.24, 2.45) is 5.92 Å². The Labute approximate surface area is 61.6 Å². The van der Waals surface area contributed by atoms with Crippen molar-refractivity contribution >= 4 is 5.97 Å². The molecule has 1 saturated carbocycles. The van der Waals surface area contributed by atoms with E-state index in [9.17, 15) is 4.79 Å². The van der Waals surface area contributed by atoms with E-state index >= 15 is 0 Å². The average molecular weight is 142 g/mol. The maximum absolute atomic E-state index is 10.7. The van der Waals surface area contributed by atoms with Crippen LogP contribution in [0.1, 0.15) is 32.1 Å². The van der Waals surface area contributed by atoms with Gasteiger partial charge in [-0.2, -0.15) is 0 Å². The topological polar surface area (TPSA) is 26.3 Å². The summed E-state index contributed by atoms with van der Waals surface area (Å²) in [4.78, 5) is 10.7. The van der Waals surface area contributed by atoms with Crippen LogP contribution in [0.4, 0.5) is 0 Å². The minimum atomic E-state index is -0.0492. The molecule has 0 aromatic rings. The molecule has 1 fully saturated rings. The van der Waals surface area contributed by atoms with Crippen LogP contribution in [-0.2, 0) is 9.53 Å². The molecule has 10 heavy (non-hydrogen) atoms. The Balaban J connectivity index is 2.17. The second-order valence-electron chi connectivity index (χ2n) is 2.93. The van der Waals surface area contributed by atoms with Crippen molar-refractivity contribution < 1.29 is 9.53 Å². The Morgan fingerprint density at radius 3 is 2.60 bits per heavy atom. The maximum Gasteiger partial charge on any atom is 0.305 e. The van der Waals surface area contributed by atoms with Gasteiger partial charge in [0, 0.05) is 6.42 Å². The summed E-state index contributed by atoms with van der Waals surface area (Å²) < 4.78 is 4.57. The van der Waals surface area contributed by atoms with Crippen LogP contribution in [-0.4, -0.2) is 13.1 Å². The summed E-state index contributed by atoms with van der Waals surface area (Å²) >= 11 is 0. The molecular formula is C8H14O2. The molecule has 0 aromatic heterocycles. The fraction of sp³-hybridized carbons (Fsp3) is 0.875. The van der Waals surface area contributed by atoms with Crippen molar-refractivity contribution in [2.75, 3.05) is 7.11 Å². The summed E-state index contributed by atoms with van der Waals surface area (Å²) in [6, 6.07) is 0. The Morgan fingerprint density at radius 2 is 2.10 bits per heavy atom. The van der Waals surface area contributed by atoms with Gasteiger partial charge in [0.15, 0.2) is 0 Å².